The topological polar surface area (TPSA) is 54.4 Å². The van der Waals surface area contributed by atoms with Gasteiger partial charge < -0.3 is 5.11 Å². The lowest BCUT2D eigenvalue weighted by Gasteiger charge is -1.96. The molecule has 3 nitrogen and oxygen atoms in total. The summed E-state index contributed by atoms with van der Waals surface area (Å²) < 4.78 is 0. The first-order valence-electron chi connectivity index (χ1n) is 4.42. The Morgan fingerprint density at radius 1 is 1.33 bits per heavy atom. The van der Waals surface area contributed by atoms with Crippen LogP contribution in [-0.2, 0) is 9.59 Å². The molecule has 1 rings (SSSR count). The SMILES string of the molecule is O=C(O)CC(=O)CCCC1CC1. The summed E-state index contributed by atoms with van der Waals surface area (Å²) in [7, 11) is 0. The van der Waals surface area contributed by atoms with E-state index in [4.69, 9.17) is 5.11 Å². The molecule has 0 bridgehead atoms. The first-order chi connectivity index (χ1) is 5.68. The molecule has 12 heavy (non-hydrogen) atoms. The molecule has 1 aliphatic carbocycles. The van der Waals surface area contributed by atoms with Gasteiger partial charge in [0.2, 0.25) is 0 Å². The van der Waals surface area contributed by atoms with E-state index in [0.717, 1.165) is 18.8 Å². The molecule has 1 fully saturated rings. The summed E-state index contributed by atoms with van der Waals surface area (Å²) in [6.07, 6.45) is 4.72. The van der Waals surface area contributed by atoms with Crippen LogP contribution in [0.2, 0.25) is 0 Å². The number of carbonyl (C=O) groups is 2. The molecule has 0 spiro atoms. The summed E-state index contributed by atoms with van der Waals surface area (Å²) in [6, 6.07) is 0. The van der Waals surface area contributed by atoms with Gasteiger partial charge in [0.05, 0.1) is 0 Å². The number of carbonyl (C=O) groups excluding carboxylic acids is 1. The molecule has 0 aromatic heterocycles. The van der Waals surface area contributed by atoms with Gasteiger partial charge in [-0.25, -0.2) is 0 Å². The van der Waals surface area contributed by atoms with Crippen molar-refractivity contribution in [2.45, 2.75) is 38.5 Å². The van der Waals surface area contributed by atoms with E-state index in [1.807, 2.05) is 0 Å². The number of rotatable bonds is 6. The Bertz CT molecular complexity index is 182. The minimum atomic E-state index is -1.01. The van der Waals surface area contributed by atoms with Gasteiger partial charge in [0.1, 0.15) is 12.2 Å². The average molecular weight is 170 g/mol. The van der Waals surface area contributed by atoms with Gasteiger partial charge in [0, 0.05) is 6.42 Å². The highest BCUT2D eigenvalue weighted by atomic mass is 16.4. The molecule has 0 unspecified atom stereocenters. The minimum absolute atomic E-state index is 0.136. The van der Waals surface area contributed by atoms with Crippen LogP contribution >= 0.6 is 0 Å². The number of hydrogen-bond donors (Lipinski definition) is 1. The second-order valence-corrected chi connectivity index (χ2v) is 3.44. The fourth-order valence-electron chi connectivity index (χ4n) is 1.25. The first-order valence-corrected chi connectivity index (χ1v) is 4.42. The van der Waals surface area contributed by atoms with E-state index in [1.165, 1.54) is 12.8 Å². The maximum absolute atomic E-state index is 10.9. The standard InChI is InChI=1S/C9H14O3/c10-8(6-9(11)12)3-1-2-7-4-5-7/h7H,1-6H2,(H,11,12). The molecular formula is C9H14O3. The zero-order valence-corrected chi connectivity index (χ0v) is 7.08. The molecule has 1 N–H and O–H groups in total. The van der Waals surface area contributed by atoms with Crippen molar-refractivity contribution >= 4 is 11.8 Å². The van der Waals surface area contributed by atoms with Gasteiger partial charge in [0.15, 0.2) is 0 Å². The maximum Gasteiger partial charge on any atom is 0.310 e. The van der Waals surface area contributed by atoms with Crippen LogP contribution in [0.15, 0.2) is 0 Å². The lowest BCUT2D eigenvalue weighted by atomic mass is 10.1. The summed E-state index contributed by atoms with van der Waals surface area (Å²) in [5.41, 5.74) is 0. The Balaban J connectivity index is 1.97. The summed E-state index contributed by atoms with van der Waals surface area (Å²) in [5.74, 6) is -0.308. The molecular weight excluding hydrogens is 156 g/mol. The van der Waals surface area contributed by atoms with Crippen molar-refractivity contribution < 1.29 is 14.7 Å². The van der Waals surface area contributed by atoms with Gasteiger partial charge in [-0.2, -0.15) is 0 Å². The normalized spacial score (nSPS) is 16.0. The van der Waals surface area contributed by atoms with Crippen molar-refractivity contribution in [3.8, 4) is 0 Å². The monoisotopic (exact) mass is 170 g/mol. The summed E-state index contributed by atoms with van der Waals surface area (Å²) in [4.78, 5) is 21.0. The van der Waals surface area contributed by atoms with Crippen LogP contribution in [0.25, 0.3) is 0 Å². The number of hydrogen-bond acceptors (Lipinski definition) is 2. The Morgan fingerprint density at radius 3 is 2.50 bits per heavy atom. The van der Waals surface area contributed by atoms with Gasteiger partial charge in [-0.15, -0.1) is 0 Å². The van der Waals surface area contributed by atoms with Crippen molar-refractivity contribution in [3.05, 3.63) is 0 Å². The molecule has 1 aliphatic rings. The molecule has 0 aromatic carbocycles. The second-order valence-electron chi connectivity index (χ2n) is 3.44. The number of carboxylic acid groups (broad SMARTS) is 1. The third-order valence-electron chi connectivity index (χ3n) is 2.11. The molecule has 0 atom stereocenters. The molecule has 3 heteroatoms. The third kappa shape index (κ3) is 4.11. The van der Waals surface area contributed by atoms with E-state index in [9.17, 15) is 9.59 Å². The third-order valence-corrected chi connectivity index (χ3v) is 2.11. The van der Waals surface area contributed by atoms with E-state index in [2.05, 4.69) is 0 Å². The molecule has 0 heterocycles. The zero-order chi connectivity index (χ0) is 8.97. The van der Waals surface area contributed by atoms with Crippen molar-refractivity contribution in [2.24, 2.45) is 5.92 Å². The van der Waals surface area contributed by atoms with E-state index < -0.39 is 5.97 Å². The van der Waals surface area contributed by atoms with Crippen LogP contribution in [0.5, 0.6) is 0 Å². The van der Waals surface area contributed by atoms with Crippen molar-refractivity contribution in [2.75, 3.05) is 0 Å². The van der Waals surface area contributed by atoms with Crippen LogP contribution in [0.1, 0.15) is 38.5 Å². The Hall–Kier alpha value is -0.860. The van der Waals surface area contributed by atoms with Gasteiger partial charge in [-0.1, -0.05) is 19.3 Å². The van der Waals surface area contributed by atoms with Gasteiger partial charge in [0.25, 0.3) is 0 Å². The molecule has 0 aliphatic heterocycles. The number of Topliss-reactive ketones (excluding diaryl/α,β-unsaturated/α-hetero) is 1. The first kappa shape index (κ1) is 9.23. The Morgan fingerprint density at radius 2 is 2.00 bits per heavy atom. The smallest absolute Gasteiger partial charge is 0.310 e. The summed E-state index contributed by atoms with van der Waals surface area (Å²) >= 11 is 0. The number of carboxylic acids is 1. The highest BCUT2D eigenvalue weighted by Crippen LogP contribution is 2.33. The Kier molecular flexibility index (Phi) is 3.26. The van der Waals surface area contributed by atoms with E-state index in [0.29, 0.717) is 6.42 Å². The highest BCUT2D eigenvalue weighted by molar-refractivity contribution is 5.94. The summed E-state index contributed by atoms with van der Waals surface area (Å²) in [6.45, 7) is 0. The lowest BCUT2D eigenvalue weighted by Crippen LogP contribution is -2.06. The van der Waals surface area contributed by atoms with Crippen LogP contribution in [-0.4, -0.2) is 16.9 Å². The summed E-state index contributed by atoms with van der Waals surface area (Å²) in [5, 5.41) is 8.28. The molecule has 1 saturated carbocycles. The van der Waals surface area contributed by atoms with Crippen LogP contribution < -0.4 is 0 Å². The quantitative estimate of drug-likeness (QED) is 0.616. The number of aliphatic carboxylic acids is 1. The lowest BCUT2D eigenvalue weighted by molar-refractivity contribution is -0.140. The molecule has 0 radical (unpaired) electrons. The van der Waals surface area contributed by atoms with Gasteiger partial charge >= 0.3 is 5.97 Å². The predicted molar refractivity (Wildman–Crippen MR) is 43.8 cm³/mol. The minimum Gasteiger partial charge on any atom is -0.481 e. The molecule has 0 aromatic rings. The van der Waals surface area contributed by atoms with E-state index in [1.54, 1.807) is 0 Å². The fraction of sp³-hybridized carbons (Fsp3) is 0.778. The zero-order valence-electron chi connectivity index (χ0n) is 7.08. The average Bonchev–Trinajstić information content (AvgIpc) is 2.69. The van der Waals surface area contributed by atoms with Crippen LogP contribution in [0.3, 0.4) is 0 Å². The van der Waals surface area contributed by atoms with Crippen molar-refractivity contribution in [3.63, 3.8) is 0 Å². The van der Waals surface area contributed by atoms with Crippen LogP contribution in [0, 0.1) is 5.92 Å². The van der Waals surface area contributed by atoms with Crippen LogP contribution in [0.4, 0.5) is 0 Å². The predicted octanol–water partition coefficient (Wildman–Crippen LogP) is 1.61. The number of ketones is 1. The molecule has 0 saturated heterocycles. The largest absolute Gasteiger partial charge is 0.481 e. The Labute approximate surface area is 71.8 Å². The fourth-order valence-corrected chi connectivity index (χ4v) is 1.25. The van der Waals surface area contributed by atoms with Gasteiger partial charge in [-0.05, 0) is 12.3 Å². The van der Waals surface area contributed by atoms with Crippen molar-refractivity contribution in [1.29, 1.82) is 0 Å². The molecule has 68 valence electrons. The van der Waals surface area contributed by atoms with E-state index in [-0.39, 0.29) is 12.2 Å². The van der Waals surface area contributed by atoms with E-state index >= 15 is 0 Å². The molecule has 0 amide bonds. The van der Waals surface area contributed by atoms with Crippen molar-refractivity contribution in [1.82, 2.24) is 0 Å². The highest BCUT2D eigenvalue weighted by Gasteiger charge is 2.20. The maximum atomic E-state index is 10.9. The van der Waals surface area contributed by atoms with Gasteiger partial charge in [-0.3, -0.25) is 9.59 Å². The second kappa shape index (κ2) is 4.24.